The van der Waals surface area contributed by atoms with Gasteiger partial charge in [0.1, 0.15) is 5.70 Å². The molecule has 0 spiro atoms. The summed E-state index contributed by atoms with van der Waals surface area (Å²) in [6, 6.07) is 20.0. The van der Waals surface area contributed by atoms with Crippen molar-refractivity contribution in [1.82, 2.24) is 14.7 Å². The first-order chi connectivity index (χ1) is 16.0. The summed E-state index contributed by atoms with van der Waals surface area (Å²) < 4.78 is 5.61. The minimum absolute atomic E-state index is 0.135. The van der Waals surface area contributed by atoms with Gasteiger partial charge in [-0.3, -0.25) is 19.4 Å². The van der Waals surface area contributed by atoms with Gasteiger partial charge >= 0.3 is 0 Å². The van der Waals surface area contributed by atoms with Gasteiger partial charge in [0.2, 0.25) is 0 Å². The fourth-order valence-electron chi connectivity index (χ4n) is 4.44. The largest absolute Gasteiger partial charge is 0.379 e. The van der Waals surface area contributed by atoms with E-state index in [2.05, 4.69) is 34.1 Å². The van der Waals surface area contributed by atoms with E-state index in [1.165, 1.54) is 10.5 Å². The first-order valence-corrected chi connectivity index (χ1v) is 11.8. The molecule has 0 aliphatic carbocycles. The summed E-state index contributed by atoms with van der Waals surface area (Å²) in [6.45, 7) is 8.92. The third-order valence-electron chi connectivity index (χ3n) is 6.12. The summed E-state index contributed by atoms with van der Waals surface area (Å²) in [6.07, 6.45) is 0.770. The van der Waals surface area contributed by atoms with E-state index < -0.39 is 0 Å². The highest BCUT2D eigenvalue weighted by Gasteiger charge is 2.41. The molecule has 0 radical (unpaired) electrons. The molecule has 0 unspecified atom stereocenters. The zero-order valence-electron chi connectivity index (χ0n) is 19.6. The van der Waals surface area contributed by atoms with E-state index in [0.717, 1.165) is 38.3 Å². The van der Waals surface area contributed by atoms with Crippen molar-refractivity contribution in [3.63, 3.8) is 0 Å². The van der Waals surface area contributed by atoms with Crippen molar-refractivity contribution in [2.75, 3.05) is 39.3 Å². The van der Waals surface area contributed by atoms with Crippen LogP contribution in [0.4, 0.5) is 0 Å². The Kier molecular flexibility index (Phi) is 7.57. The van der Waals surface area contributed by atoms with Crippen molar-refractivity contribution in [3.05, 3.63) is 77.5 Å². The van der Waals surface area contributed by atoms with Gasteiger partial charge in [0, 0.05) is 45.9 Å². The van der Waals surface area contributed by atoms with Crippen molar-refractivity contribution in [3.8, 4) is 0 Å². The first kappa shape index (κ1) is 23.2. The topological polar surface area (TPSA) is 53.1 Å². The summed E-state index contributed by atoms with van der Waals surface area (Å²) in [5.74, 6) is -0.377. The lowest BCUT2D eigenvalue weighted by Crippen LogP contribution is -2.47. The van der Waals surface area contributed by atoms with Gasteiger partial charge in [0.15, 0.2) is 0 Å². The van der Waals surface area contributed by atoms with Crippen molar-refractivity contribution in [1.29, 1.82) is 0 Å². The number of rotatable bonds is 9. The molecule has 2 aliphatic heterocycles. The van der Waals surface area contributed by atoms with Crippen molar-refractivity contribution in [2.45, 2.75) is 32.9 Å². The third kappa shape index (κ3) is 5.52. The van der Waals surface area contributed by atoms with Gasteiger partial charge in [0.25, 0.3) is 11.8 Å². The van der Waals surface area contributed by atoms with Crippen LogP contribution in [0.3, 0.4) is 0 Å². The monoisotopic (exact) mass is 447 g/mol. The smallest absolute Gasteiger partial charge is 0.277 e. The molecule has 2 aromatic carbocycles. The molecule has 174 valence electrons. The predicted octanol–water partition coefficient (Wildman–Crippen LogP) is 3.40. The highest BCUT2D eigenvalue weighted by molar-refractivity contribution is 6.35. The Balaban J connectivity index is 1.49. The van der Waals surface area contributed by atoms with E-state index in [0.29, 0.717) is 30.8 Å². The molecule has 0 atom stereocenters. The van der Waals surface area contributed by atoms with Crippen LogP contribution in [-0.4, -0.2) is 71.9 Å². The molecule has 2 aromatic rings. The van der Waals surface area contributed by atoms with Gasteiger partial charge in [-0.15, -0.1) is 0 Å². The lowest BCUT2D eigenvalue weighted by molar-refractivity contribution is -0.137. The molecule has 1 saturated heterocycles. The fraction of sp³-hybridized carbons (Fsp3) is 0.407. The number of carbonyl (C=O) groups is 2. The molecule has 6 heteroatoms. The number of piperazine rings is 1. The van der Waals surface area contributed by atoms with Gasteiger partial charge in [-0.25, -0.2) is 0 Å². The zero-order valence-corrected chi connectivity index (χ0v) is 19.6. The Labute approximate surface area is 196 Å². The lowest BCUT2D eigenvalue weighted by Gasteiger charge is -2.36. The first-order valence-electron chi connectivity index (χ1n) is 11.8. The molecule has 6 nitrogen and oxygen atoms in total. The SMILES string of the molecule is CC(C)OCCCN1C(=O)C(c2ccccc2)=C(N2CCN(Cc3ccccc3)CC2)C1=O. The lowest BCUT2D eigenvalue weighted by atomic mass is 10.0. The molecule has 0 aromatic heterocycles. The van der Waals surface area contributed by atoms with Gasteiger partial charge < -0.3 is 9.64 Å². The van der Waals surface area contributed by atoms with Gasteiger partial charge in [-0.2, -0.15) is 0 Å². The van der Waals surface area contributed by atoms with E-state index in [4.69, 9.17) is 4.74 Å². The molecule has 2 heterocycles. The minimum Gasteiger partial charge on any atom is -0.379 e. The van der Waals surface area contributed by atoms with Gasteiger partial charge in [-0.05, 0) is 31.4 Å². The molecule has 33 heavy (non-hydrogen) atoms. The molecular weight excluding hydrogens is 414 g/mol. The molecule has 0 bridgehead atoms. The Morgan fingerprint density at radius 3 is 2.12 bits per heavy atom. The fourth-order valence-corrected chi connectivity index (χ4v) is 4.44. The maximum Gasteiger partial charge on any atom is 0.277 e. The third-order valence-corrected chi connectivity index (χ3v) is 6.12. The van der Waals surface area contributed by atoms with Crippen LogP contribution in [0.25, 0.3) is 5.57 Å². The maximum atomic E-state index is 13.5. The normalized spacial score (nSPS) is 17.5. The molecule has 2 aliphatic rings. The molecular formula is C27H33N3O3. The Hall–Kier alpha value is -2.96. The second kappa shape index (κ2) is 10.8. The maximum absolute atomic E-state index is 13.5. The number of benzene rings is 2. The number of hydrogen-bond donors (Lipinski definition) is 0. The Morgan fingerprint density at radius 1 is 0.848 bits per heavy atom. The van der Waals surface area contributed by atoms with Crippen LogP contribution in [0.1, 0.15) is 31.4 Å². The number of imide groups is 1. The van der Waals surface area contributed by atoms with Crippen molar-refractivity contribution >= 4 is 17.4 Å². The van der Waals surface area contributed by atoms with Crippen LogP contribution >= 0.6 is 0 Å². The second-order valence-corrected chi connectivity index (χ2v) is 8.87. The quantitative estimate of drug-likeness (QED) is 0.436. The van der Waals surface area contributed by atoms with Crippen molar-refractivity contribution in [2.24, 2.45) is 0 Å². The van der Waals surface area contributed by atoms with Crippen LogP contribution in [0.2, 0.25) is 0 Å². The van der Waals surface area contributed by atoms with Crippen LogP contribution in [0.15, 0.2) is 66.4 Å². The van der Waals surface area contributed by atoms with Crippen LogP contribution in [0, 0.1) is 0 Å². The summed E-state index contributed by atoms with van der Waals surface area (Å²) in [7, 11) is 0. The number of ether oxygens (including phenoxy) is 1. The Morgan fingerprint density at radius 2 is 1.48 bits per heavy atom. The molecule has 2 amide bonds. The molecule has 4 rings (SSSR count). The van der Waals surface area contributed by atoms with Crippen LogP contribution in [-0.2, 0) is 20.9 Å². The van der Waals surface area contributed by atoms with E-state index >= 15 is 0 Å². The summed E-state index contributed by atoms with van der Waals surface area (Å²) in [4.78, 5) is 32.7. The highest BCUT2D eigenvalue weighted by Crippen LogP contribution is 2.32. The van der Waals surface area contributed by atoms with Gasteiger partial charge in [0.05, 0.1) is 11.7 Å². The van der Waals surface area contributed by atoms with Gasteiger partial charge in [-0.1, -0.05) is 60.7 Å². The summed E-state index contributed by atoms with van der Waals surface area (Å²) in [5, 5.41) is 0. The summed E-state index contributed by atoms with van der Waals surface area (Å²) in [5.41, 5.74) is 3.17. The van der Waals surface area contributed by atoms with Crippen LogP contribution in [0.5, 0.6) is 0 Å². The predicted molar refractivity (Wildman–Crippen MR) is 129 cm³/mol. The number of nitrogens with zero attached hydrogens (tertiary/aromatic N) is 3. The number of hydrogen-bond acceptors (Lipinski definition) is 5. The van der Waals surface area contributed by atoms with E-state index in [-0.39, 0.29) is 17.9 Å². The standard InChI is InChI=1S/C27H33N3O3/c1-21(2)33-19-9-14-30-26(31)24(23-12-7-4-8-13-23)25(27(30)32)29-17-15-28(16-18-29)20-22-10-5-3-6-11-22/h3-8,10-13,21H,9,14-20H2,1-2H3. The van der Waals surface area contributed by atoms with E-state index in [9.17, 15) is 9.59 Å². The zero-order chi connectivity index (χ0) is 23.2. The molecule has 1 fully saturated rings. The average molecular weight is 448 g/mol. The van der Waals surface area contributed by atoms with Crippen molar-refractivity contribution < 1.29 is 14.3 Å². The van der Waals surface area contributed by atoms with E-state index in [1.807, 2.05) is 50.2 Å². The molecule has 0 saturated carbocycles. The van der Waals surface area contributed by atoms with Crippen LogP contribution < -0.4 is 0 Å². The minimum atomic E-state index is -0.197. The number of amides is 2. The Bertz CT molecular complexity index is 980. The summed E-state index contributed by atoms with van der Waals surface area (Å²) >= 11 is 0. The molecule has 0 N–H and O–H groups in total. The highest BCUT2D eigenvalue weighted by atomic mass is 16.5. The number of carbonyl (C=O) groups excluding carboxylic acids is 2. The average Bonchev–Trinajstić information content (AvgIpc) is 3.08. The second-order valence-electron chi connectivity index (χ2n) is 8.87. The van der Waals surface area contributed by atoms with E-state index in [1.54, 1.807) is 0 Å².